The summed E-state index contributed by atoms with van der Waals surface area (Å²) in [4.78, 5) is 12.9. The van der Waals surface area contributed by atoms with Crippen molar-refractivity contribution in [1.82, 2.24) is 0 Å². The lowest BCUT2D eigenvalue weighted by atomic mass is 10.0. The lowest BCUT2D eigenvalue weighted by Crippen LogP contribution is -2.20. The fourth-order valence-electron chi connectivity index (χ4n) is 2.27. The fraction of sp³-hybridized carbons (Fsp3) is 0.318. The predicted molar refractivity (Wildman–Crippen MR) is 117 cm³/mol. The Morgan fingerprint density at radius 1 is 0.862 bits per heavy atom. The van der Waals surface area contributed by atoms with Crippen molar-refractivity contribution in [3.05, 3.63) is 62.8 Å². The molecule has 0 N–H and O–H groups in total. The van der Waals surface area contributed by atoms with Crippen molar-refractivity contribution in [2.24, 2.45) is 5.92 Å². The van der Waals surface area contributed by atoms with Crippen molar-refractivity contribution in [2.45, 2.75) is 40.7 Å². The predicted octanol–water partition coefficient (Wildman–Crippen LogP) is 7.70. The lowest BCUT2D eigenvalue weighted by molar-refractivity contribution is -0.135. The molecule has 0 aliphatic rings. The van der Waals surface area contributed by atoms with Crippen LogP contribution in [0.3, 0.4) is 0 Å². The van der Waals surface area contributed by atoms with Gasteiger partial charge in [-0.2, -0.15) is 0 Å². The van der Waals surface area contributed by atoms with Crippen molar-refractivity contribution in [3.8, 4) is 17.2 Å². The molecular weight excluding hydrogens is 435 g/mol. The van der Waals surface area contributed by atoms with E-state index in [2.05, 4.69) is 0 Å². The third kappa shape index (κ3) is 6.56. The van der Waals surface area contributed by atoms with Gasteiger partial charge in [-0.1, -0.05) is 48.7 Å². The van der Waals surface area contributed by atoms with Gasteiger partial charge in [0, 0.05) is 16.1 Å². The summed E-state index contributed by atoms with van der Waals surface area (Å²) < 4.78 is 17.2. The number of ether oxygens (including phenoxy) is 3. The highest BCUT2D eigenvalue weighted by atomic mass is 35.5. The molecule has 156 valence electrons. The summed E-state index contributed by atoms with van der Waals surface area (Å²) in [7, 11) is 0. The van der Waals surface area contributed by atoms with Crippen molar-refractivity contribution in [3.63, 3.8) is 0 Å². The Balaban J connectivity index is 2.37. The lowest BCUT2D eigenvalue weighted by Gasteiger charge is -2.18. The standard InChI is InChI=1S/C22H23Cl3O4/c1-12(2)14(5)21(27-13(3)4)22(26)29-20-11-16(24)7-9-19(20)28-18-8-6-15(23)10-17(18)25/h6-13H,1-5H3/b21-14-. The van der Waals surface area contributed by atoms with Crippen LogP contribution < -0.4 is 9.47 Å². The van der Waals surface area contributed by atoms with E-state index in [4.69, 9.17) is 49.0 Å². The van der Waals surface area contributed by atoms with E-state index in [-0.39, 0.29) is 29.3 Å². The van der Waals surface area contributed by atoms with Crippen molar-refractivity contribution in [1.29, 1.82) is 0 Å². The molecule has 0 radical (unpaired) electrons. The van der Waals surface area contributed by atoms with Crippen LogP contribution >= 0.6 is 34.8 Å². The largest absolute Gasteiger partial charge is 0.484 e. The maximum atomic E-state index is 12.9. The number of esters is 1. The number of carbonyl (C=O) groups excluding carboxylic acids is 1. The van der Waals surface area contributed by atoms with Gasteiger partial charge >= 0.3 is 5.97 Å². The first-order valence-corrected chi connectivity index (χ1v) is 10.2. The quantitative estimate of drug-likeness (QED) is 0.185. The number of allylic oxidation sites excluding steroid dienone is 1. The van der Waals surface area contributed by atoms with Gasteiger partial charge in [-0.25, -0.2) is 4.79 Å². The van der Waals surface area contributed by atoms with E-state index in [9.17, 15) is 4.79 Å². The molecule has 2 rings (SSSR count). The highest BCUT2D eigenvalue weighted by molar-refractivity contribution is 6.35. The van der Waals surface area contributed by atoms with Gasteiger partial charge in [-0.3, -0.25) is 0 Å². The molecular formula is C22H23Cl3O4. The van der Waals surface area contributed by atoms with Crippen LogP contribution in [0.5, 0.6) is 17.2 Å². The third-order valence-electron chi connectivity index (χ3n) is 3.99. The number of carbonyl (C=O) groups is 1. The molecule has 0 aliphatic heterocycles. The normalized spacial score (nSPS) is 12.1. The summed E-state index contributed by atoms with van der Waals surface area (Å²) in [6, 6.07) is 9.55. The van der Waals surface area contributed by atoms with Crippen LogP contribution in [0.25, 0.3) is 0 Å². The number of benzene rings is 2. The number of halogens is 3. The zero-order valence-electron chi connectivity index (χ0n) is 16.9. The molecule has 0 spiro atoms. The molecule has 0 unspecified atom stereocenters. The second-order valence-electron chi connectivity index (χ2n) is 6.99. The van der Waals surface area contributed by atoms with Gasteiger partial charge in [0.05, 0.1) is 11.1 Å². The van der Waals surface area contributed by atoms with Crippen LogP contribution in [0.2, 0.25) is 15.1 Å². The minimum Gasteiger partial charge on any atom is -0.484 e. The summed E-state index contributed by atoms with van der Waals surface area (Å²) >= 11 is 18.2. The van der Waals surface area contributed by atoms with E-state index in [0.29, 0.717) is 20.8 Å². The Bertz CT molecular complexity index is 920. The van der Waals surface area contributed by atoms with Gasteiger partial charge < -0.3 is 14.2 Å². The molecule has 0 saturated heterocycles. The molecule has 7 heteroatoms. The monoisotopic (exact) mass is 456 g/mol. The van der Waals surface area contributed by atoms with E-state index in [0.717, 1.165) is 5.57 Å². The molecule has 0 heterocycles. The average molecular weight is 458 g/mol. The molecule has 0 aliphatic carbocycles. The smallest absolute Gasteiger partial charge is 0.379 e. The number of rotatable bonds is 7. The Labute approximate surface area is 186 Å². The molecule has 29 heavy (non-hydrogen) atoms. The second kappa shape index (κ2) is 10.2. The van der Waals surface area contributed by atoms with Crippen molar-refractivity contribution < 1.29 is 19.0 Å². The molecule has 2 aromatic carbocycles. The molecule has 4 nitrogen and oxygen atoms in total. The van der Waals surface area contributed by atoms with Crippen molar-refractivity contribution >= 4 is 40.8 Å². The van der Waals surface area contributed by atoms with Gasteiger partial charge in [0.25, 0.3) is 0 Å². The Morgan fingerprint density at radius 3 is 2.00 bits per heavy atom. The fourth-order valence-corrected chi connectivity index (χ4v) is 2.88. The molecule has 0 atom stereocenters. The highest BCUT2D eigenvalue weighted by Crippen LogP contribution is 2.38. The second-order valence-corrected chi connectivity index (χ2v) is 8.27. The topological polar surface area (TPSA) is 44.8 Å². The van der Waals surface area contributed by atoms with Gasteiger partial charge in [-0.05, 0) is 62.6 Å². The van der Waals surface area contributed by atoms with E-state index in [1.807, 2.05) is 34.6 Å². The summed E-state index contributed by atoms with van der Waals surface area (Å²) in [5.74, 6) is 0.445. The zero-order valence-corrected chi connectivity index (χ0v) is 19.2. The molecule has 0 fully saturated rings. The van der Waals surface area contributed by atoms with Crippen LogP contribution in [-0.4, -0.2) is 12.1 Å². The van der Waals surface area contributed by atoms with E-state index in [1.54, 1.807) is 30.3 Å². The average Bonchev–Trinajstić information content (AvgIpc) is 2.63. The van der Waals surface area contributed by atoms with Crippen molar-refractivity contribution in [2.75, 3.05) is 0 Å². The summed E-state index contributed by atoms with van der Waals surface area (Å²) in [6.45, 7) is 9.48. The van der Waals surface area contributed by atoms with Gasteiger partial charge in [-0.15, -0.1) is 0 Å². The number of hydrogen-bond acceptors (Lipinski definition) is 4. The third-order valence-corrected chi connectivity index (χ3v) is 4.75. The van der Waals surface area contributed by atoms with E-state index < -0.39 is 5.97 Å². The highest BCUT2D eigenvalue weighted by Gasteiger charge is 2.22. The minimum absolute atomic E-state index is 0.110. The van der Waals surface area contributed by atoms with Gasteiger partial charge in [0.2, 0.25) is 5.76 Å². The Kier molecular flexibility index (Phi) is 8.26. The Hall–Kier alpha value is -1.88. The Morgan fingerprint density at radius 2 is 1.45 bits per heavy atom. The van der Waals surface area contributed by atoms with Crippen LogP contribution in [-0.2, 0) is 9.53 Å². The number of hydrogen-bond donors (Lipinski definition) is 0. The maximum Gasteiger partial charge on any atom is 0.379 e. The first-order chi connectivity index (χ1) is 13.6. The van der Waals surface area contributed by atoms with Crippen LogP contribution in [0.4, 0.5) is 0 Å². The summed E-state index contributed by atoms with van der Waals surface area (Å²) in [5.41, 5.74) is 0.786. The first kappa shape index (κ1) is 23.4. The summed E-state index contributed by atoms with van der Waals surface area (Å²) in [5, 5.41) is 1.19. The van der Waals surface area contributed by atoms with Crippen LogP contribution in [0, 0.1) is 5.92 Å². The summed E-state index contributed by atoms with van der Waals surface area (Å²) in [6.07, 6.45) is -0.186. The molecule has 0 amide bonds. The molecule has 0 aromatic heterocycles. The zero-order chi connectivity index (χ0) is 21.7. The SMILES string of the molecule is C/C(=C(/OC(C)C)C(=O)Oc1cc(Cl)ccc1Oc1ccc(Cl)cc1Cl)C(C)C. The molecule has 2 aromatic rings. The van der Waals surface area contributed by atoms with Crippen LogP contribution in [0.15, 0.2) is 47.7 Å². The van der Waals surface area contributed by atoms with E-state index >= 15 is 0 Å². The minimum atomic E-state index is -0.626. The van der Waals surface area contributed by atoms with Gasteiger partial charge in [0.15, 0.2) is 11.5 Å². The molecule has 0 saturated carbocycles. The van der Waals surface area contributed by atoms with Gasteiger partial charge in [0.1, 0.15) is 5.75 Å². The molecule has 0 bridgehead atoms. The maximum absolute atomic E-state index is 12.9. The van der Waals surface area contributed by atoms with Crippen LogP contribution in [0.1, 0.15) is 34.6 Å². The van der Waals surface area contributed by atoms with E-state index in [1.165, 1.54) is 6.07 Å². The first-order valence-electron chi connectivity index (χ1n) is 9.10.